The number of carbonyl (C=O) groups excluding carboxylic acids is 2. The summed E-state index contributed by atoms with van der Waals surface area (Å²) in [6, 6.07) is 0.974. The number of hydrogen-bond donors (Lipinski definition) is 0. The molecule has 0 N–H and O–H groups in total. The van der Waals surface area contributed by atoms with Crippen molar-refractivity contribution in [1.82, 2.24) is 0 Å². The first-order chi connectivity index (χ1) is 7.20. The van der Waals surface area contributed by atoms with E-state index in [-0.39, 0.29) is 24.7 Å². The molecule has 1 atom stereocenters. The lowest BCUT2D eigenvalue weighted by Crippen LogP contribution is -2.23. The van der Waals surface area contributed by atoms with Crippen LogP contribution in [0, 0.1) is 5.92 Å². The minimum atomic E-state index is -1.14. The summed E-state index contributed by atoms with van der Waals surface area (Å²) in [5.74, 6) is -0.270. The molecule has 0 aromatic carbocycles. The Labute approximate surface area is 104 Å². The summed E-state index contributed by atoms with van der Waals surface area (Å²) < 4.78 is 5.11. The maximum Gasteiger partial charge on any atom is 0.306 e. The Bertz CT molecular complexity index is 248. The number of rotatable bonds is 7. The number of carbonyl (C=O) groups is 2. The largest absolute Gasteiger partial charge is 0.466 e. The molecule has 0 aliphatic rings. The van der Waals surface area contributed by atoms with Crippen LogP contribution < -0.4 is 0 Å². The van der Waals surface area contributed by atoms with Crippen LogP contribution in [0.4, 0.5) is 0 Å². The van der Waals surface area contributed by atoms with Crippen molar-refractivity contribution in [2.24, 2.45) is 5.92 Å². The van der Waals surface area contributed by atoms with Crippen molar-refractivity contribution < 1.29 is 14.3 Å². The van der Waals surface area contributed by atoms with E-state index in [1.807, 2.05) is 6.92 Å². The number of hydrogen-bond acceptors (Lipinski definition) is 3. The Morgan fingerprint density at radius 2 is 1.81 bits per heavy atom. The van der Waals surface area contributed by atoms with Gasteiger partial charge in [0.15, 0.2) is 0 Å². The fraction of sp³-hybridized carbons (Fsp3) is 0.818. The Hall–Kier alpha value is -0.353. The third-order valence-corrected chi connectivity index (χ3v) is 4.00. The maximum absolute atomic E-state index is 11.4. The number of ether oxygens (including phenoxy) is 1. The molecule has 0 aliphatic carbocycles. The topological polar surface area (TPSA) is 43.4 Å². The van der Waals surface area contributed by atoms with Crippen LogP contribution >= 0.6 is 11.6 Å². The highest BCUT2D eigenvalue weighted by molar-refractivity contribution is 6.76. The van der Waals surface area contributed by atoms with Crippen molar-refractivity contribution in [3.8, 4) is 0 Å². The SMILES string of the molecule is CC(CC(=O)Cl)CC(=O)OCC[Si](C)(C)C. The molecule has 0 saturated heterocycles. The molecular weight excluding hydrogens is 244 g/mol. The second-order valence-electron chi connectivity index (χ2n) is 5.40. The Morgan fingerprint density at radius 1 is 1.25 bits per heavy atom. The van der Waals surface area contributed by atoms with Gasteiger partial charge in [-0.1, -0.05) is 26.6 Å². The summed E-state index contributed by atoms with van der Waals surface area (Å²) in [5, 5.41) is -0.401. The molecule has 0 rings (SSSR count). The molecule has 3 nitrogen and oxygen atoms in total. The second kappa shape index (κ2) is 7.07. The normalized spacial score (nSPS) is 13.3. The van der Waals surface area contributed by atoms with Crippen LogP contribution in [0.25, 0.3) is 0 Å². The molecule has 94 valence electrons. The zero-order valence-electron chi connectivity index (χ0n) is 10.5. The van der Waals surface area contributed by atoms with Crippen molar-refractivity contribution in [2.75, 3.05) is 6.61 Å². The molecule has 0 spiro atoms. The van der Waals surface area contributed by atoms with Crippen LogP contribution in [-0.4, -0.2) is 25.9 Å². The lowest BCUT2D eigenvalue weighted by molar-refractivity contribution is -0.144. The fourth-order valence-corrected chi connectivity index (χ4v) is 2.14. The van der Waals surface area contributed by atoms with E-state index in [1.165, 1.54) is 0 Å². The van der Waals surface area contributed by atoms with Crippen molar-refractivity contribution >= 4 is 30.9 Å². The van der Waals surface area contributed by atoms with Crippen LogP contribution in [-0.2, 0) is 14.3 Å². The van der Waals surface area contributed by atoms with Gasteiger partial charge in [0.05, 0.1) is 6.61 Å². The van der Waals surface area contributed by atoms with E-state index in [0.29, 0.717) is 6.61 Å². The summed E-state index contributed by atoms with van der Waals surface area (Å²) in [7, 11) is -1.14. The van der Waals surface area contributed by atoms with Crippen LogP contribution in [0.15, 0.2) is 0 Å². The molecule has 5 heteroatoms. The molecule has 0 aromatic rings. The summed E-state index contributed by atoms with van der Waals surface area (Å²) in [6.07, 6.45) is 0.495. The van der Waals surface area contributed by atoms with E-state index in [0.717, 1.165) is 6.04 Å². The molecule has 0 saturated carbocycles. The van der Waals surface area contributed by atoms with Gasteiger partial charge in [-0.3, -0.25) is 9.59 Å². The van der Waals surface area contributed by atoms with Gasteiger partial charge in [-0.2, -0.15) is 0 Å². The maximum atomic E-state index is 11.4. The minimum Gasteiger partial charge on any atom is -0.466 e. The van der Waals surface area contributed by atoms with Gasteiger partial charge >= 0.3 is 5.97 Å². The highest BCUT2D eigenvalue weighted by atomic mass is 35.5. The monoisotopic (exact) mass is 264 g/mol. The first-order valence-corrected chi connectivity index (χ1v) is 9.63. The first-order valence-electron chi connectivity index (χ1n) is 5.54. The highest BCUT2D eigenvalue weighted by Crippen LogP contribution is 2.12. The molecule has 0 heterocycles. The lowest BCUT2D eigenvalue weighted by atomic mass is 10.1. The molecule has 1 unspecified atom stereocenters. The van der Waals surface area contributed by atoms with Gasteiger partial charge in [0.2, 0.25) is 5.24 Å². The summed E-state index contributed by atoms with van der Waals surface area (Å²) in [4.78, 5) is 22.0. The summed E-state index contributed by atoms with van der Waals surface area (Å²) >= 11 is 5.23. The zero-order valence-corrected chi connectivity index (χ0v) is 12.3. The van der Waals surface area contributed by atoms with Gasteiger partial charge in [0, 0.05) is 20.9 Å². The lowest BCUT2D eigenvalue weighted by Gasteiger charge is -2.15. The molecule has 0 amide bonds. The van der Waals surface area contributed by atoms with Crippen molar-refractivity contribution in [1.29, 1.82) is 0 Å². The van der Waals surface area contributed by atoms with Crippen LogP contribution in [0.5, 0.6) is 0 Å². The predicted octanol–water partition coefficient (Wildman–Crippen LogP) is 3.05. The fourth-order valence-electron chi connectivity index (χ4n) is 1.16. The van der Waals surface area contributed by atoms with Gasteiger partial charge in [-0.05, 0) is 23.6 Å². The number of esters is 1. The average molecular weight is 265 g/mol. The van der Waals surface area contributed by atoms with Gasteiger partial charge in [-0.25, -0.2) is 0 Å². The minimum absolute atomic E-state index is 0.0376. The predicted molar refractivity (Wildman–Crippen MR) is 68.4 cm³/mol. The van der Waals surface area contributed by atoms with Crippen LogP contribution in [0.3, 0.4) is 0 Å². The first kappa shape index (κ1) is 15.6. The second-order valence-corrected chi connectivity index (χ2v) is 11.4. The van der Waals surface area contributed by atoms with Crippen molar-refractivity contribution in [3.63, 3.8) is 0 Å². The standard InChI is InChI=1S/C11H21ClO3Si/c1-9(7-10(12)13)8-11(14)15-5-6-16(2,3)4/h9H,5-8H2,1-4H3. The highest BCUT2D eigenvalue weighted by Gasteiger charge is 2.16. The molecule has 0 bridgehead atoms. The Kier molecular flexibility index (Phi) is 6.91. The van der Waals surface area contributed by atoms with Gasteiger partial charge < -0.3 is 4.74 Å². The number of halogens is 1. The molecule has 16 heavy (non-hydrogen) atoms. The van der Waals surface area contributed by atoms with E-state index in [9.17, 15) is 9.59 Å². The van der Waals surface area contributed by atoms with E-state index in [2.05, 4.69) is 19.6 Å². The molecule has 0 aliphatic heterocycles. The Morgan fingerprint density at radius 3 is 2.25 bits per heavy atom. The van der Waals surface area contributed by atoms with E-state index >= 15 is 0 Å². The van der Waals surface area contributed by atoms with Gasteiger partial charge in [-0.15, -0.1) is 0 Å². The van der Waals surface area contributed by atoms with Crippen LogP contribution in [0.2, 0.25) is 25.7 Å². The quantitative estimate of drug-likeness (QED) is 0.403. The van der Waals surface area contributed by atoms with Crippen molar-refractivity contribution in [2.45, 2.75) is 45.5 Å². The van der Waals surface area contributed by atoms with Gasteiger partial charge in [0.25, 0.3) is 0 Å². The van der Waals surface area contributed by atoms with Gasteiger partial charge in [0.1, 0.15) is 0 Å². The van der Waals surface area contributed by atoms with E-state index in [4.69, 9.17) is 16.3 Å². The third-order valence-electron chi connectivity index (χ3n) is 2.14. The Balaban J connectivity index is 3.70. The zero-order chi connectivity index (χ0) is 12.8. The summed E-state index contributed by atoms with van der Waals surface area (Å²) in [5.41, 5.74) is 0. The summed E-state index contributed by atoms with van der Waals surface area (Å²) in [6.45, 7) is 9.01. The molecule has 0 fully saturated rings. The molecular formula is C11H21ClO3Si. The average Bonchev–Trinajstić information content (AvgIpc) is 1.98. The smallest absolute Gasteiger partial charge is 0.306 e. The van der Waals surface area contributed by atoms with E-state index < -0.39 is 13.3 Å². The van der Waals surface area contributed by atoms with Crippen LogP contribution in [0.1, 0.15) is 19.8 Å². The van der Waals surface area contributed by atoms with E-state index in [1.54, 1.807) is 0 Å². The third kappa shape index (κ3) is 10.2. The molecule has 0 aromatic heterocycles. The van der Waals surface area contributed by atoms with Crippen molar-refractivity contribution in [3.05, 3.63) is 0 Å². The molecule has 0 radical (unpaired) electrons.